The molecule has 1 aliphatic heterocycles. The van der Waals surface area contributed by atoms with E-state index in [2.05, 4.69) is 27.1 Å². The number of hydrogen-bond donors (Lipinski definition) is 1. The van der Waals surface area contributed by atoms with Crippen LogP contribution in [0.15, 0.2) is 0 Å². The van der Waals surface area contributed by atoms with Gasteiger partial charge in [0.15, 0.2) is 0 Å². The summed E-state index contributed by atoms with van der Waals surface area (Å²) in [5, 5.41) is 3.99. The molecule has 1 aromatic heterocycles. The lowest BCUT2D eigenvalue weighted by molar-refractivity contribution is 0.0368. The minimum absolute atomic E-state index is 0.308. The molecule has 0 amide bonds. The van der Waals surface area contributed by atoms with Crippen LogP contribution in [0.3, 0.4) is 0 Å². The van der Waals surface area contributed by atoms with E-state index in [0.29, 0.717) is 11.2 Å². The molecule has 0 spiro atoms. The normalized spacial score (nSPS) is 18.0. The highest BCUT2D eigenvalue weighted by Gasteiger charge is 2.16. The number of hydrogen-bond acceptors (Lipinski definition) is 5. The number of aryl methyl sites for hydroxylation is 1. The Bertz CT molecular complexity index is 449. The van der Waals surface area contributed by atoms with Crippen molar-refractivity contribution in [2.75, 3.05) is 38.2 Å². The van der Waals surface area contributed by atoms with Crippen molar-refractivity contribution in [3.8, 4) is 0 Å². The molecule has 6 heteroatoms. The summed E-state index contributed by atoms with van der Waals surface area (Å²) in [6, 6.07) is 0.308. The van der Waals surface area contributed by atoms with Crippen LogP contribution >= 0.6 is 11.6 Å². The van der Waals surface area contributed by atoms with E-state index in [-0.39, 0.29) is 0 Å². The Kier molecular flexibility index (Phi) is 5.57. The highest BCUT2D eigenvalue weighted by Crippen LogP contribution is 2.20. The molecule has 0 saturated carbocycles. The van der Waals surface area contributed by atoms with Crippen LogP contribution in [0, 0.1) is 6.92 Å². The van der Waals surface area contributed by atoms with Crippen molar-refractivity contribution in [1.29, 1.82) is 0 Å². The van der Waals surface area contributed by atoms with Gasteiger partial charge in [-0.25, -0.2) is 9.97 Å². The van der Waals surface area contributed by atoms with Crippen molar-refractivity contribution >= 4 is 17.4 Å². The fraction of sp³-hybridized carbons (Fsp3) is 0.714. The third-order valence-corrected chi connectivity index (χ3v) is 3.84. The quantitative estimate of drug-likeness (QED) is 0.844. The smallest absolute Gasteiger partial charge is 0.137 e. The summed E-state index contributed by atoms with van der Waals surface area (Å²) in [6.45, 7) is 10.8. The van der Waals surface area contributed by atoms with Crippen LogP contribution in [0.1, 0.15) is 25.2 Å². The van der Waals surface area contributed by atoms with Crippen molar-refractivity contribution in [3.63, 3.8) is 0 Å². The fourth-order valence-corrected chi connectivity index (χ4v) is 2.47. The summed E-state index contributed by atoms with van der Waals surface area (Å²) in [5.74, 6) is 1.63. The molecule has 1 aliphatic rings. The highest BCUT2D eigenvalue weighted by molar-refractivity contribution is 6.30. The van der Waals surface area contributed by atoms with Crippen molar-refractivity contribution < 1.29 is 4.74 Å². The molecular formula is C14H23ClN4O. The number of morpholine rings is 1. The highest BCUT2D eigenvalue weighted by atomic mass is 35.5. The van der Waals surface area contributed by atoms with Gasteiger partial charge in [0.2, 0.25) is 0 Å². The van der Waals surface area contributed by atoms with E-state index in [0.717, 1.165) is 56.5 Å². The fourth-order valence-electron chi connectivity index (χ4n) is 2.28. The van der Waals surface area contributed by atoms with Crippen molar-refractivity contribution in [1.82, 2.24) is 14.9 Å². The summed E-state index contributed by atoms with van der Waals surface area (Å²) in [5.41, 5.74) is 0.915. The molecule has 1 atom stereocenters. The Morgan fingerprint density at radius 3 is 2.70 bits per heavy atom. The number of anilines is 1. The Morgan fingerprint density at radius 1 is 1.35 bits per heavy atom. The first kappa shape index (κ1) is 15.5. The number of rotatable bonds is 5. The molecule has 20 heavy (non-hydrogen) atoms. The minimum atomic E-state index is 0.308. The minimum Gasteiger partial charge on any atom is -0.379 e. The largest absolute Gasteiger partial charge is 0.379 e. The van der Waals surface area contributed by atoms with Crippen molar-refractivity contribution in [2.45, 2.75) is 33.2 Å². The Morgan fingerprint density at radius 2 is 2.05 bits per heavy atom. The molecule has 112 valence electrons. The van der Waals surface area contributed by atoms with Gasteiger partial charge in [0.05, 0.1) is 13.2 Å². The van der Waals surface area contributed by atoms with Gasteiger partial charge in [-0.1, -0.05) is 18.5 Å². The van der Waals surface area contributed by atoms with E-state index >= 15 is 0 Å². The molecule has 1 fully saturated rings. The molecule has 2 heterocycles. The van der Waals surface area contributed by atoms with E-state index in [9.17, 15) is 0 Å². The van der Waals surface area contributed by atoms with E-state index in [1.165, 1.54) is 0 Å². The lowest BCUT2D eigenvalue weighted by Gasteiger charge is -2.29. The van der Waals surface area contributed by atoms with Crippen LogP contribution in [0.4, 0.5) is 5.82 Å². The first-order valence-corrected chi connectivity index (χ1v) is 7.57. The van der Waals surface area contributed by atoms with E-state index in [4.69, 9.17) is 16.3 Å². The SMILES string of the molecule is CCc1nc(Cl)c(C)c(NC(C)CN2CCOCC2)n1. The standard InChI is InChI=1S/C14H23ClN4O/c1-4-12-17-13(15)11(3)14(18-12)16-10(2)9-19-5-7-20-8-6-19/h10H,4-9H2,1-3H3,(H,16,17,18). The summed E-state index contributed by atoms with van der Waals surface area (Å²) in [6.07, 6.45) is 0.784. The maximum Gasteiger partial charge on any atom is 0.137 e. The zero-order chi connectivity index (χ0) is 14.5. The first-order valence-electron chi connectivity index (χ1n) is 7.19. The maximum absolute atomic E-state index is 6.16. The lowest BCUT2D eigenvalue weighted by Crippen LogP contribution is -2.42. The van der Waals surface area contributed by atoms with Crippen LogP contribution in [0.25, 0.3) is 0 Å². The maximum atomic E-state index is 6.16. The molecule has 0 bridgehead atoms. The zero-order valence-electron chi connectivity index (χ0n) is 12.4. The number of nitrogens with zero attached hydrogens (tertiary/aromatic N) is 3. The first-order chi connectivity index (χ1) is 9.60. The van der Waals surface area contributed by atoms with Gasteiger partial charge in [0, 0.05) is 37.7 Å². The molecule has 1 saturated heterocycles. The van der Waals surface area contributed by atoms with Gasteiger partial charge in [-0.15, -0.1) is 0 Å². The summed E-state index contributed by atoms with van der Waals surface area (Å²) >= 11 is 6.16. The monoisotopic (exact) mass is 298 g/mol. The Hall–Kier alpha value is -0.910. The molecule has 5 nitrogen and oxygen atoms in total. The molecule has 0 radical (unpaired) electrons. The second-order valence-corrected chi connectivity index (χ2v) is 5.57. The van der Waals surface area contributed by atoms with Crippen LogP contribution < -0.4 is 5.32 Å². The molecule has 0 aromatic carbocycles. The second-order valence-electron chi connectivity index (χ2n) is 5.22. The third kappa shape index (κ3) is 4.04. The number of ether oxygens (including phenoxy) is 1. The summed E-state index contributed by atoms with van der Waals surface area (Å²) in [4.78, 5) is 11.2. The van der Waals surface area contributed by atoms with Gasteiger partial charge in [-0.2, -0.15) is 0 Å². The van der Waals surface area contributed by atoms with Gasteiger partial charge >= 0.3 is 0 Å². The topological polar surface area (TPSA) is 50.3 Å². The Labute approximate surface area is 125 Å². The van der Waals surface area contributed by atoms with Crippen LogP contribution in [-0.4, -0.2) is 53.8 Å². The molecule has 0 aliphatic carbocycles. The molecule has 2 rings (SSSR count). The summed E-state index contributed by atoms with van der Waals surface area (Å²) < 4.78 is 5.36. The lowest BCUT2D eigenvalue weighted by atomic mass is 10.2. The van der Waals surface area contributed by atoms with Crippen LogP contribution in [-0.2, 0) is 11.2 Å². The number of nitrogens with one attached hydrogen (secondary N) is 1. The van der Waals surface area contributed by atoms with Gasteiger partial charge in [0.1, 0.15) is 16.8 Å². The van der Waals surface area contributed by atoms with Gasteiger partial charge < -0.3 is 10.1 Å². The van der Waals surface area contributed by atoms with Gasteiger partial charge in [-0.05, 0) is 13.8 Å². The average Bonchev–Trinajstić information content (AvgIpc) is 2.44. The zero-order valence-corrected chi connectivity index (χ0v) is 13.2. The van der Waals surface area contributed by atoms with E-state index < -0.39 is 0 Å². The summed E-state index contributed by atoms with van der Waals surface area (Å²) in [7, 11) is 0. The van der Waals surface area contributed by atoms with Crippen molar-refractivity contribution in [2.24, 2.45) is 0 Å². The predicted molar refractivity (Wildman–Crippen MR) is 81.5 cm³/mol. The van der Waals surface area contributed by atoms with Crippen LogP contribution in [0.2, 0.25) is 5.15 Å². The van der Waals surface area contributed by atoms with Crippen molar-refractivity contribution in [3.05, 3.63) is 16.5 Å². The van der Waals surface area contributed by atoms with Gasteiger partial charge in [0.25, 0.3) is 0 Å². The van der Waals surface area contributed by atoms with E-state index in [1.54, 1.807) is 0 Å². The molecule has 1 unspecified atom stereocenters. The van der Waals surface area contributed by atoms with E-state index in [1.807, 2.05) is 13.8 Å². The molecule has 1 N–H and O–H groups in total. The third-order valence-electron chi connectivity index (χ3n) is 3.47. The number of aromatic nitrogens is 2. The van der Waals surface area contributed by atoms with Gasteiger partial charge in [-0.3, -0.25) is 4.90 Å². The van der Waals surface area contributed by atoms with Crippen LogP contribution in [0.5, 0.6) is 0 Å². The number of halogens is 1. The predicted octanol–water partition coefficient (Wildman–Crippen LogP) is 2.13. The Balaban J connectivity index is 1.99. The second kappa shape index (κ2) is 7.20. The molecule has 1 aromatic rings. The molecular weight excluding hydrogens is 276 g/mol. The average molecular weight is 299 g/mol.